The van der Waals surface area contributed by atoms with Gasteiger partial charge in [-0.3, -0.25) is 10.1 Å². The second-order valence-electron chi connectivity index (χ2n) is 4.50. The highest BCUT2D eigenvalue weighted by molar-refractivity contribution is 5.58. The molecule has 0 aliphatic heterocycles. The number of aryl methyl sites for hydroxylation is 1. The fraction of sp³-hybridized carbons (Fsp3) is 0.417. The van der Waals surface area contributed by atoms with Crippen LogP contribution in [0.2, 0.25) is 0 Å². The van der Waals surface area contributed by atoms with Crippen LogP contribution in [0.5, 0.6) is 0 Å². The van der Waals surface area contributed by atoms with Crippen LogP contribution in [0.3, 0.4) is 0 Å². The molecule has 0 bridgehead atoms. The molecular weight excluding hydrogens is 274 g/mol. The molecule has 112 valence electrons. The van der Waals surface area contributed by atoms with Gasteiger partial charge in [0.2, 0.25) is 11.8 Å². The molecule has 2 aromatic heterocycles. The molecule has 0 atom stereocenters. The van der Waals surface area contributed by atoms with Crippen LogP contribution in [-0.2, 0) is 13.6 Å². The van der Waals surface area contributed by atoms with Crippen LogP contribution in [0.1, 0.15) is 12.7 Å². The van der Waals surface area contributed by atoms with Crippen LogP contribution >= 0.6 is 0 Å². The third-order valence-electron chi connectivity index (χ3n) is 2.94. The highest BCUT2D eigenvalue weighted by Crippen LogP contribution is 2.26. The smallest absolute Gasteiger partial charge is 0.329 e. The van der Waals surface area contributed by atoms with Gasteiger partial charge in [0.15, 0.2) is 0 Å². The van der Waals surface area contributed by atoms with Gasteiger partial charge < -0.3 is 14.8 Å². The minimum Gasteiger partial charge on any atom is -0.354 e. The number of hydrogen-bond donors (Lipinski definition) is 1. The van der Waals surface area contributed by atoms with Crippen LogP contribution < -0.4 is 10.2 Å². The molecule has 0 saturated heterocycles. The molecule has 0 unspecified atom stereocenters. The summed E-state index contributed by atoms with van der Waals surface area (Å²) in [6, 6.07) is 0. The van der Waals surface area contributed by atoms with Crippen LogP contribution in [-0.4, -0.2) is 38.0 Å². The Hall–Kier alpha value is -2.71. The predicted molar refractivity (Wildman–Crippen MR) is 78.2 cm³/mol. The lowest BCUT2D eigenvalue weighted by molar-refractivity contribution is -0.384. The van der Waals surface area contributed by atoms with Crippen molar-refractivity contribution < 1.29 is 4.92 Å². The van der Waals surface area contributed by atoms with E-state index in [0.29, 0.717) is 19.0 Å². The summed E-state index contributed by atoms with van der Waals surface area (Å²) in [5, 5.41) is 14.1. The average molecular weight is 291 g/mol. The zero-order valence-corrected chi connectivity index (χ0v) is 12.1. The number of nitro groups is 1. The molecule has 9 heteroatoms. The van der Waals surface area contributed by atoms with Crippen molar-refractivity contribution in [3.63, 3.8) is 0 Å². The van der Waals surface area contributed by atoms with E-state index in [1.807, 2.05) is 24.7 Å². The Bertz CT molecular complexity index is 640. The molecule has 21 heavy (non-hydrogen) atoms. The SMILES string of the molecule is CCNc1ncc([N+](=O)[O-])c(N(C)Cc2nccn2C)n1. The lowest BCUT2D eigenvalue weighted by Gasteiger charge is -2.18. The molecule has 9 nitrogen and oxygen atoms in total. The van der Waals surface area contributed by atoms with Gasteiger partial charge >= 0.3 is 5.69 Å². The van der Waals surface area contributed by atoms with E-state index in [1.165, 1.54) is 6.20 Å². The second-order valence-corrected chi connectivity index (χ2v) is 4.50. The Morgan fingerprint density at radius 1 is 1.48 bits per heavy atom. The first-order valence-corrected chi connectivity index (χ1v) is 6.45. The summed E-state index contributed by atoms with van der Waals surface area (Å²) in [6.45, 7) is 2.95. The Balaban J connectivity index is 2.32. The largest absolute Gasteiger partial charge is 0.354 e. The summed E-state index contributed by atoms with van der Waals surface area (Å²) >= 11 is 0. The van der Waals surface area contributed by atoms with E-state index >= 15 is 0 Å². The molecule has 1 N–H and O–H groups in total. The Labute approximate surface area is 121 Å². The van der Waals surface area contributed by atoms with Crippen molar-refractivity contribution in [1.82, 2.24) is 19.5 Å². The number of anilines is 2. The van der Waals surface area contributed by atoms with Crippen molar-refractivity contribution in [2.45, 2.75) is 13.5 Å². The first kappa shape index (κ1) is 14.7. The van der Waals surface area contributed by atoms with Gasteiger partial charge in [-0.15, -0.1) is 0 Å². The second kappa shape index (κ2) is 6.16. The number of nitrogens with one attached hydrogen (secondary N) is 1. The molecule has 0 spiro atoms. The van der Waals surface area contributed by atoms with Gasteiger partial charge in [-0.2, -0.15) is 4.98 Å². The van der Waals surface area contributed by atoms with Gasteiger partial charge in [0.1, 0.15) is 12.0 Å². The maximum Gasteiger partial charge on any atom is 0.329 e. The van der Waals surface area contributed by atoms with Crippen LogP contribution in [0.4, 0.5) is 17.5 Å². The molecule has 0 amide bonds. The first-order valence-electron chi connectivity index (χ1n) is 6.45. The quantitative estimate of drug-likeness (QED) is 0.630. The minimum absolute atomic E-state index is 0.131. The number of hydrogen-bond acceptors (Lipinski definition) is 7. The summed E-state index contributed by atoms with van der Waals surface area (Å²) in [7, 11) is 3.61. The molecule has 0 aliphatic rings. The van der Waals surface area contributed by atoms with Crippen LogP contribution in [0.25, 0.3) is 0 Å². The molecule has 0 saturated carbocycles. The highest BCUT2D eigenvalue weighted by atomic mass is 16.6. The van der Waals surface area contributed by atoms with Crippen LogP contribution in [0, 0.1) is 10.1 Å². The van der Waals surface area contributed by atoms with Crippen molar-refractivity contribution in [2.75, 3.05) is 23.8 Å². The standard InChI is InChI=1S/C12H17N7O2/c1-4-13-12-15-7-9(19(20)21)11(16-12)18(3)8-10-14-5-6-17(10)2/h5-7H,4,8H2,1-3H3,(H,13,15,16). The average Bonchev–Trinajstić information content (AvgIpc) is 2.84. The van der Waals surface area contributed by atoms with Crippen molar-refractivity contribution in [3.05, 3.63) is 34.5 Å². The van der Waals surface area contributed by atoms with Gasteiger partial charge in [-0.05, 0) is 6.92 Å². The summed E-state index contributed by atoms with van der Waals surface area (Å²) in [5.41, 5.74) is -0.131. The van der Waals surface area contributed by atoms with Crippen molar-refractivity contribution in [1.29, 1.82) is 0 Å². The van der Waals surface area contributed by atoms with Crippen LogP contribution in [0.15, 0.2) is 18.6 Å². The van der Waals surface area contributed by atoms with Gasteiger partial charge in [0, 0.05) is 33.0 Å². The fourth-order valence-electron chi connectivity index (χ4n) is 1.86. The van der Waals surface area contributed by atoms with E-state index in [9.17, 15) is 10.1 Å². The minimum atomic E-state index is -0.486. The molecule has 2 rings (SSSR count). The van der Waals surface area contributed by atoms with E-state index in [-0.39, 0.29) is 11.5 Å². The molecule has 2 aromatic rings. The molecule has 0 aromatic carbocycles. The number of aromatic nitrogens is 4. The Kier molecular flexibility index (Phi) is 4.31. The zero-order chi connectivity index (χ0) is 15.4. The summed E-state index contributed by atoms with van der Waals surface area (Å²) in [5.74, 6) is 1.41. The molecule has 0 fully saturated rings. The molecule has 0 radical (unpaired) electrons. The molecular formula is C12H17N7O2. The van der Waals surface area contributed by atoms with E-state index in [0.717, 1.165) is 5.82 Å². The van der Waals surface area contributed by atoms with E-state index in [1.54, 1.807) is 18.1 Å². The lowest BCUT2D eigenvalue weighted by atomic mass is 10.4. The zero-order valence-electron chi connectivity index (χ0n) is 12.1. The first-order chi connectivity index (χ1) is 10.0. The third-order valence-corrected chi connectivity index (χ3v) is 2.94. The van der Waals surface area contributed by atoms with Crippen molar-refractivity contribution >= 4 is 17.5 Å². The lowest BCUT2D eigenvalue weighted by Crippen LogP contribution is -2.22. The number of rotatable bonds is 6. The summed E-state index contributed by atoms with van der Waals surface area (Å²) in [4.78, 5) is 24.7. The topological polar surface area (TPSA) is 102 Å². The van der Waals surface area contributed by atoms with Gasteiger partial charge in [-0.25, -0.2) is 9.97 Å². The van der Waals surface area contributed by atoms with Gasteiger partial charge in [0.25, 0.3) is 0 Å². The predicted octanol–water partition coefficient (Wildman–Crippen LogP) is 1.19. The van der Waals surface area contributed by atoms with E-state index < -0.39 is 4.92 Å². The Morgan fingerprint density at radius 3 is 2.81 bits per heavy atom. The van der Waals surface area contributed by atoms with Crippen molar-refractivity contribution in [3.8, 4) is 0 Å². The molecule has 0 aliphatic carbocycles. The fourth-order valence-corrected chi connectivity index (χ4v) is 1.86. The maximum atomic E-state index is 11.1. The van der Waals surface area contributed by atoms with Gasteiger partial charge in [0.05, 0.1) is 11.5 Å². The van der Waals surface area contributed by atoms with E-state index in [2.05, 4.69) is 20.3 Å². The number of nitrogens with zero attached hydrogens (tertiary/aromatic N) is 6. The summed E-state index contributed by atoms with van der Waals surface area (Å²) < 4.78 is 1.86. The van der Waals surface area contributed by atoms with E-state index in [4.69, 9.17) is 0 Å². The third kappa shape index (κ3) is 3.25. The Morgan fingerprint density at radius 2 is 2.24 bits per heavy atom. The normalized spacial score (nSPS) is 10.4. The maximum absolute atomic E-state index is 11.1. The van der Waals surface area contributed by atoms with Gasteiger partial charge in [-0.1, -0.05) is 0 Å². The number of imidazole rings is 1. The highest BCUT2D eigenvalue weighted by Gasteiger charge is 2.21. The summed E-state index contributed by atoms with van der Waals surface area (Å²) in [6.07, 6.45) is 4.72. The monoisotopic (exact) mass is 291 g/mol. The van der Waals surface area contributed by atoms with Crippen molar-refractivity contribution in [2.24, 2.45) is 7.05 Å². The molecule has 2 heterocycles.